The minimum Gasteiger partial charge on any atom is -0.353 e. The lowest BCUT2D eigenvalue weighted by Gasteiger charge is -2.12. The first-order valence-corrected chi connectivity index (χ1v) is 6.09. The second-order valence-electron chi connectivity index (χ2n) is 4.68. The number of hydrogen-bond acceptors (Lipinski definition) is 1. The maximum absolute atomic E-state index is 11.6. The number of nitrogens with one attached hydrogen (secondary N) is 1. The van der Waals surface area contributed by atoms with Crippen molar-refractivity contribution in [1.29, 1.82) is 0 Å². The van der Waals surface area contributed by atoms with Crippen LogP contribution in [0.4, 0.5) is 0 Å². The lowest BCUT2D eigenvalue weighted by Crippen LogP contribution is -2.34. The van der Waals surface area contributed by atoms with Gasteiger partial charge in [-0.3, -0.25) is 4.79 Å². The predicted octanol–water partition coefficient (Wildman–Crippen LogP) is 2.53. The fourth-order valence-electron chi connectivity index (χ4n) is 1.94. The quantitative estimate of drug-likeness (QED) is 0.806. The van der Waals surface area contributed by atoms with Gasteiger partial charge in [-0.05, 0) is 37.7 Å². The molecule has 2 heteroatoms. The average molecular weight is 217 g/mol. The van der Waals surface area contributed by atoms with E-state index in [-0.39, 0.29) is 5.91 Å². The maximum Gasteiger partial charge on any atom is 0.220 e. The highest BCUT2D eigenvalue weighted by molar-refractivity contribution is 5.76. The second-order valence-corrected chi connectivity index (χ2v) is 4.68. The lowest BCUT2D eigenvalue weighted by molar-refractivity contribution is -0.121. The van der Waals surface area contributed by atoms with Crippen LogP contribution in [0.5, 0.6) is 0 Å². The summed E-state index contributed by atoms with van der Waals surface area (Å²) in [4.78, 5) is 11.6. The van der Waals surface area contributed by atoms with Crippen LogP contribution in [-0.4, -0.2) is 11.9 Å². The molecule has 0 saturated heterocycles. The van der Waals surface area contributed by atoms with Crippen LogP contribution in [0.2, 0.25) is 0 Å². The molecule has 1 aliphatic carbocycles. The third-order valence-electron chi connectivity index (χ3n) is 3.20. The van der Waals surface area contributed by atoms with Crippen molar-refractivity contribution in [2.45, 2.75) is 38.6 Å². The van der Waals surface area contributed by atoms with Crippen molar-refractivity contribution in [3.8, 4) is 0 Å². The van der Waals surface area contributed by atoms with E-state index in [1.807, 2.05) is 18.2 Å². The van der Waals surface area contributed by atoms with E-state index in [0.29, 0.717) is 12.5 Å². The van der Waals surface area contributed by atoms with Crippen molar-refractivity contribution in [3.05, 3.63) is 35.9 Å². The molecule has 1 saturated carbocycles. The monoisotopic (exact) mass is 217 g/mol. The molecule has 0 heterocycles. The Hall–Kier alpha value is -1.31. The van der Waals surface area contributed by atoms with Crippen LogP contribution in [0.15, 0.2) is 30.3 Å². The molecule has 2 nitrogen and oxygen atoms in total. The molecule has 0 bridgehead atoms. The largest absolute Gasteiger partial charge is 0.353 e. The Morgan fingerprint density at radius 3 is 2.69 bits per heavy atom. The Balaban J connectivity index is 1.71. The summed E-state index contributed by atoms with van der Waals surface area (Å²) in [7, 11) is 0. The molecule has 0 unspecified atom stereocenters. The zero-order valence-corrected chi connectivity index (χ0v) is 9.78. The molecular formula is C14H19NO. The van der Waals surface area contributed by atoms with Crippen molar-refractivity contribution in [2.24, 2.45) is 5.92 Å². The van der Waals surface area contributed by atoms with Crippen molar-refractivity contribution in [2.75, 3.05) is 0 Å². The van der Waals surface area contributed by atoms with Crippen LogP contribution in [0, 0.1) is 5.92 Å². The van der Waals surface area contributed by atoms with Crippen LogP contribution in [0.3, 0.4) is 0 Å². The van der Waals surface area contributed by atoms with E-state index in [4.69, 9.17) is 0 Å². The van der Waals surface area contributed by atoms with E-state index in [9.17, 15) is 4.79 Å². The maximum atomic E-state index is 11.6. The molecule has 0 aliphatic heterocycles. The number of amides is 1. The summed E-state index contributed by atoms with van der Waals surface area (Å²) in [5, 5.41) is 3.07. The fraction of sp³-hybridized carbons (Fsp3) is 0.500. The zero-order chi connectivity index (χ0) is 11.4. The van der Waals surface area contributed by atoms with E-state index in [0.717, 1.165) is 12.3 Å². The van der Waals surface area contributed by atoms with E-state index in [1.54, 1.807) is 0 Å². The fourth-order valence-corrected chi connectivity index (χ4v) is 1.94. The second kappa shape index (κ2) is 5.15. The summed E-state index contributed by atoms with van der Waals surface area (Å²) in [6.07, 6.45) is 3.99. The standard InChI is InChI=1S/C14H19NO/c1-11(13-8-9-13)15-14(16)10-7-12-5-3-2-4-6-12/h2-6,11,13H,7-10H2,1H3,(H,15,16)/t11-/m0/s1. The van der Waals surface area contributed by atoms with Crippen LogP contribution in [0.25, 0.3) is 0 Å². The van der Waals surface area contributed by atoms with Gasteiger partial charge in [0.1, 0.15) is 0 Å². The molecule has 1 N–H and O–H groups in total. The summed E-state index contributed by atoms with van der Waals surface area (Å²) < 4.78 is 0. The number of carbonyl (C=O) groups excluding carboxylic acids is 1. The Morgan fingerprint density at radius 2 is 2.06 bits per heavy atom. The van der Waals surface area contributed by atoms with Crippen molar-refractivity contribution >= 4 is 5.91 Å². The van der Waals surface area contributed by atoms with Crippen molar-refractivity contribution in [3.63, 3.8) is 0 Å². The molecule has 0 radical (unpaired) electrons. The number of carbonyl (C=O) groups is 1. The minimum atomic E-state index is 0.184. The number of rotatable bonds is 5. The van der Waals surface area contributed by atoms with Gasteiger partial charge >= 0.3 is 0 Å². The Kier molecular flexibility index (Phi) is 3.60. The van der Waals surface area contributed by atoms with Gasteiger partial charge in [0.05, 0.1) is 0 Å². The molecule has 1 aliphatic rings. The van der Waals surface area contributed by atoms with Gasteiger partial charge in [0.2, 0.25) is 5.91 Å². The van der Waals surface area contributed by atoms with Gasteiger partial charge in [-0.25, -0.2) is 0 Å². The van der Waals surface area contributed by atoms with Gasteiger partial charge in [-0.15, -0.1) is 0 Å². The SMILES string of the molecule is C[C@H](NC(=O)CCc1ccccc1)C1CC1. The molecule has 1 fully saturated rings. The van der Waals surface area contributed by atoms with E-state index >= 15 is 0 Å². The highest BCUT2D eigenvalue weighted by Crippen LogP contribution is 2.32. The molecule has 16 heavy (non-hydrogen) atoms. The first kappa shape index (κ1) is 11.2. The summed E-state index contributed by atoms with van der Waals surface area (Å²) >= 11 is 0. The summed E-state index contributed by atoms with van der Waals surface area (Å²) in [6.45, 7) is 2.11. The topological polar surface area (TPSA) is 29.1 Å². The van der Waals surface area contributed by atoms with Gasteiger partial charge in [0.25, 0.3) is 0 Å². The highest BCUT2D eigenvalue weighted by Gasteiger charge is 2.28. The molecule has 1 atom stereocenters. The summed E-state index contributed by atoms with van der Waals surface area (Å²) in [5.74, 6) is 0.920. The third-order valence-corrected chi connectivity index (χ3v) is 3.20. The van der Waals surface area contributed by atoms with E-state index in [1.165, 1.54) is 18.4 Å². The summed E-state index contributed by atoms with van der Waals surface area (Å²) in [5.41, 5.74) is 1.23. The molecule has 2 rings (SSSR count). The van der Waals surface area contributed by atoms with Gasteiger partial charge in [0, 0.05) is 12.5 Å². The van der Waals surface area contributed by atoms with Gasteiger partial charge in [-0.1, -0.05) is 30.3 Å². The molecule has 0 spiro atoms. The van der Waals surface area contributed by atoms with Gasteiger partial charge in [-0.2, -0.15) is 0 Å². The smallest absolute Gasteiger partial charge is 0.220 e. The van der Waals surface area contributed by atoms with E-state index in [2.05, 4.69) is 24.4 Å². The normalized spacial score (nSPS) is 16.8. The predicted molar refractivity (Wildman–Crippen MR) is 65.1 cm³/mol. The van der Waals surface area contributed by atoms with Crippen LogP contribution < -0.4 is 5.32 Å². The molecule has 0 aromatic heterocycles. The molecule has 1 amide bonds. The number of benzene rings is 1. The summed E-state index contributed by atoms with van der Waals surface area (Å²) in [6, 6.07) is 10.5. The lowest BCUT2D eigenvalue weighted by atomic mass is 10.1. The van der Waals surface area contributed by atoms with Crippen molar-refractivity contribution in [1.82, 2.24) is 5.32 Å². The third kappa shape index (κ3) is 3.37. The Labute approximate surface area is 97.1 Å². The highest BCUT2D eigenvalue weighted by atomic mass is 16.1. The zero-order valence-electron chi connectivity index (χ0n) is 9.78. The number of aryl methyl sites for hydroxylation is 1. The van der Waals surface area contributed by atoms with Crippen molar-refractivity contribution < 1.29 is 4.79 Å². The first-order valence-electron chi connectivity index (χ1n) is 6.09. The average Bonchev–Trinajstić information content (AvgIpc) is 3.11. The molecule has 1 aromatic carbocycles. The van der Waals surface area contributed by atoms with Crippen LogP contribution in [0.1, 0.15) is 31.7 Å². The van der Waals surface area contributed by atoms with Crippen LogP contribution >= 0.6 is 0 Å². The number of hydrogen-bond donors (Lipinski definition) is 1. The first-order chi connectivity index (χ1) is 7.75. The Bertz CT molecular complexity index is 343. The minimum absolute atomic E-state index is 0.184. The molecular weight excluding hydrogens is 198 g/mol. The molecule has 1 aromatic rings. The van der Waals surface area contributed by atoms with Gasteiger partial charge in [0.15, 0.2) is 0 Å². The Morgan fingerprint density at radius 1 is 1.38 bits per heavy atom. The van der Waals surface area contributed by atoms with Crippen LogP contribution in [-0.2, 0) is 11.2 Å². The molecule has 86 valence electrons. The van der Waals surface area contributed by atoms with Gasteiger partial charge < -0.3 is 5.32 Å². The van der Waals surface area contributed by atoms with E-state index < -0.39 is 0 Å².